The maximum absolute atomic E-state index is 11.9. The monoisotopic (exact) mass is 287 g/mol. The fourth-order valence-electron chi connectivity index (χ4n) is 1.39. The minimum absolute atomic E-state index is 0.305. The molecular formula is C13H9N3O3S. The number of nitriles is 1. The van der Waals surface area contributed by atoms with E-state index in [1.165, 1.54) is 13.3 Å². The number of ether oxygens (including phenoxy) is 1. The van der Waals surface area contributed by atoms with Crippen LogP contribution in [0.2, 0.25) is 0 Å². The van der Waals surface area contributed by atoms with Crippen molar-refractivity contribution in [3.8, 4) is 6.07 Å². The fraction of sp³-hybridized carbons (Fsp3) is 0.0769. The molecule has 7 heteroatoms. The summed E-state index contributed by atoms with van der Waals surface area (Å²) in [6, 6.07) is 8.16. The van der Waals surface area contributed by atoms with Crippen LogP contribution in [-0.4, -0.2) is 24.0 Å². The number of carbonyl (C=O) groups is 2. The van der Waals surface area contributed by atoms with Crippen molar-refractivity contribution in [1.82, 2.24) is 4.98 Å². The van der Waals surface area contributed by atoms with E-state index < -0.39 is 5.97 Å². The third-order valence-electron chi connectivity index (χ3n) is 2.39. The van der Waals surface area contributed by atoms with Gasteiger partial charge in [-0.15, -0.1) is 0 Å². The lowest BCUT2D eigenvalue weighted by molar-refractivity contribution is 0.0606. The van der Waals surface area contributed by atoms with E-state index in [1.54, 1.807) is 24.3 Å². The molecule has 6 nitrogen and oxygen atoms in total. The molecule has 1 amide bonds. The van der Waals surface area contributed by atoms with Gasteiger partial charge in [-0.05, 0) is 24.3 Å². The molecule has 0 fully saturated rings. The smallest absolute Gasteiger partial charge is 0.349 e. The first-order valence-corrected chi connectivity index (χ1v) is 6.31. The average Bonchev–Trinajstić information content (AvgIpc) is 2.95. The zero-order chi connectivity index (χ0) is 14.5. The molecule has 1 aromatic carbocycles. The number of esters is 1. The first kappa shape index (κ1) is 13.7. The van der Waals surface area contributed by atoms with Gasteiger partial charge in [0.2, 0.25) is 0 Å². The average molecular weight is 287 g/mol. The fourth-order valence-corrected chi connectivity index (χ4v) is 2.12. The van der Waals surface area contributed by atoms with Crippen molar-refractivity contribution >= 4 is 28.3 Å². The van der Waals surface area contributed by atoms with E-state index in [0.717, 1.165) is 11.3 Å². The minimum Gasteiger partial charge on any atom is -0.465 e. The first-order valence-electron chi connectivity index (χ1n) is 5.49. The summed E-state index contributed by atoms with van der Waals surface area (Å²) < 4.78 is 4.55. The Morgan fingerprint density at radius 3 is 2.65 bits per heavy atom. The Morgan fingerprint density at radius 1 is 1.35 bits per heavy atom. The summed E-state index contributed by atoms with van der Waals surface area (Å²) in [5, 5.41) is 11.6. The largest absolute Gasteiger partial charge is 0.465 e. The molecule has 2 rings (SSSR count). The number of methoxy groups -OCH3 is 1. The Morgan fingerprint density at radius 2 is 2.05 bits per heavy atom. The van der Waals surface area contributed by atoms with Crippen LogP contribution in [0.3, 0.4) is 0 Å². The molecular weight excluding hydrogens is 278 g/mol. The molecule has 0 saturated carbocycles. The van der Waals surface area contributed by atoms with Crippen LogP contribution in [0.1, 0.15) is 25.6 Å². The number of amides is 1. The molecule has 20 heavy (non-hydrogen) atoms. The van der Waals surface area contributed by atoms with Crippen molar-refractivity contribution in [2.24, 2.45) is 0 Å². The predicted molar refractivity (Wildman–Crippen MR) is 72.6 cm³/mol. The maximum Gasteiger partial charge on any atom is 0.349 e. The lowest BCUT2D eigenvalue weighted by Crippen LogP contribution is -2.11. The molecule has 1 aromatic heterocycles. The number of nitrogens with one attached hydrogen (secondary N) is 1. The number of hydrogen-bond acceptors (Lipinski definition) is 6. The molecule has 0 aliphatic carbocycles. The molecule has 0 spiro atoms. The van der Waals surface area contributed by atoms with Crippen LogP contribution in [0.4, 0.5) is 5.13 Å². The van der Waals surface area contributed by atoms with Crippen molar-refractivity contribution < 1.29 is 14.3 Å². The SMILES string of the molecule is COC(=O)c1cnc(NC(=O)c2ccc(C#N)cc2)s1. The second-order valence-corrected chi connectivity index (χ2v) is 4.70. The lowest BCUT2D eigenvalue weighted by atomic mass is 10.1. The van der Waals surface area contributed by atoms with E-state index in [2.05, 4.69) is 15.0 Å². The lowest BCUT2D eigenvalue weighted by Gasteiger charge is -2.01. The predicted octanol–water partition coefficient (Wildman–Crippen LogP) is 2.05. The summed E-state index contributed by atoms with van der Waals surface area (Å²) in [5.74, 6) is -0.860. The van der Waals surface area contributed by atoms with E-state index in [4.69, 9.17) is 5.26 Å². The Bertz CT molecular complexity index is 686. The molecule has 2 aromatic rings. The van der Waals surface area contributed by atoms with Gasteiger partial charge in [0.1, 0.15) is 4.88 Å². The van der Waals surface area contributed by atoms with Gasteiger partial charge in [0.15, 0.2) is 5.13 Å². The van der Waals surface area contributed by atoms with Crippen molar-refractivity contribution in [2.45, 2.75) is 0 Å². The summed E-state index contributed by atoms with van der Waals surface area (Å²) in [7, 11) is 1.27. The number of thiazole rings is 1. The van der Waals surface area contributed by atoms with Gasteiger partial charge in [0, 0.05) is 5.56 Å². The number of benzene rings is 1. The minimum atomic E-state index is -0.499. The molecule has 0 atom stereocenters. The zero-order valence-corrected chi connectivity index (χ0v) is 11.2. The highest BCUT2D eigenvalue weighted by molar-refractivity contribution is 7.17. The van der Waals surface area contributed by atoms with Gasteiger partial charge >= 0.3 is 5.97 Å². The van der Waals surface area contributed by atoms with Crippen LogP contribution in [-0.2, 0) is 4.74 Å². The first-order chi connectivity index (χ1) is 9.63. The van der Waals surface area contributed by atoms with Crippen LogP contribution >= 0.6 is 11.3 Å². The highest BCUT2D eigenvalue weighted by Gasteiger charge is 2.13. The van der Waals surface area contributed by atoms with Gasteiger partial charge in [0.05, 0.1) is 24.9 Å². The molecule has 1 N–H and O–H groups in total. The molecule has 0 bridgehead atoms. The van der Waals surface area contributed by atoms with Gasteiger partial charge in [-0.1, -0.05) is 11.3 Å². The van der Waals surface area contributed by atoms with Crippen LogP contribution < -0.4 is 5.32 Å². The van der Waals surface area contributed by atoms with Crippen LogP contribution in [0.5, 0.6) is 0 Å². The van der Waals surface area contributed by atoms with Gasteiger partial charge < -0.3 is 4.74 Å². The number of hydrogen-bond donors (Lipinski definition) is 1. The normalized spacial score (nSPS) is 9.60. The number of anilines is 1. The van der Waals surface area contributed by atoms with Gasteiger partial charge in [0.25, 0.3) is 5.91 Å². The van der Waals surface area contributed by atoms with E-state index in [9.17, 15) is 9.59 Å². The van der Waals surface area contributed by atoms with E-state index in [0.29, 0.717) is 21.1 Å². The Hall–Kier alpha value is -2.72. The van der Waals surface area contributed by atoms with E-state index in [-0.39, 0.29) is 5.91 Å². The van der Waals surface area contributed by atoms with E-state index >= 15 is 0 Å². The third-order valence-corrected chi connectivity index (χ3v) is 3.28. The molecule has 0 saturated heterocycles. The summed E-state index contributed by atoms with van der Waals surface area (Å²) >= 11 is 1.03. The second kappa shape index (κ2) is 5.95. The van der Waals surface area contributed by atoms with Crippen molar-refractivity contribution in [1.29, 1.82) is 5.26 Å². The summed E-state index contributed by atoms with van der Waals surface area (Å²) in [6.45, 7) is 0. The molecule has 100 valence electrons. The van der Waals surface area contributed by atoms with Crippen LogP contribution in [0.15, 0.2) is 30.5 Å². The Balaban J connectivity index is 2.09. The van der Waals surface area contributed by atoms with E-state index in [1.807, 2.05) is 6.07 Å². The highest BCUT2D eigenvalue weighted by atomic mass is 32.1. The number of aromatic nitrogens is 1. The molecule has 0 radical (unpaired) electrons. The standard InChI is InChI=1S/C13H9N3O3S/c1-19-12(18)10-7-15-13(20-10)16-11(17)9-4-2-8(6-14)3-5-9/h2-5,7H,1H3,(H,15,16,17). The molecule has 0 aliphatic rings. The Kier molecular flexibility index (Phi) is 4.08. The molecule has 1 heterocycles. The number of nitrogens with zero attached hydrogens (tertiary/aromatic N) is 2. The zero-order valence-electron chi connectivity index (χ0n) is 10.4. The topological polar surface area (TPSA) is 92.1 Å². The van der Waals surface area contributed by atoms with Crippen molar-refractivity contribution in [3.63, 3.8) is 0 Å². The van der Waals surface area contributed by atoms with Crippen LogP contribution in [0, 0.1) is 11.3 Å². The van der Waals surface area contributed by atoms with Crippen molar-refractivity contribution in [2.75, 3.05) is 12.4 Å². The van der Waals surface area contributed by atoms with Gasteiger partial charge in [-0.3, -0.25) is 10.1 Å². The number of carbonyl (C=O) groups excluding carboxylic acids is 2. The summed E-state index contributed by atoms with van der Waals surface area (Å²) in [5.41, 5.74) is 0.877. The Labute approximate surface area is 118 Å². The van der Waals surface area contributed by atoms with Crippen molar-refractivity contribution in [3.05, 3.63) is 46.5 Å². The highest BCUT2D eigenvalue weighted by Crippen LogP contribution is 2.19. The molecule has 0 unspecified atom stereocenters. The van der Waals surface area contributed by atoms with Crippen LogP contribution in [0.25, 0.3) is 0 Å². The van der Waals surface area contributed by atoms with Gasteiger partial charge in [-0.2, -0.15) is 5.26 Å². The quantitative estimate of drug-likeness (QED) is 0.872. The third kappa shape index (κ3) is 2.99. The summed E-state index contributed by atoms with van der Waals surface area (Å²) in [4.78, 5) is 27.4. The second-order valence-electron chi connectivity index (χ2n) is 3.66. The molecule has 0 aliphatic heterocycles. The number of rotatable bonds is 3. The van der Waals surface area contributed by atoms with Gasteiger partial charge in [-0.25, -0.2) is 9.78 Å². The maximum atomic E-state index is 11.9. The summed E-state index contributed by atoms with van der Waals surface area (Å²) in [6.07, 6.45) is 1.34.